The molecule has 2 aromatic carbocycles. The number of rotatable bonds is 8. The molecule has 216 valence electrons. The fraction of sp³-hybridized carbons (Fsp3) is 0.500. The maximum atomic E-state index is 13.9. The van der Waals surface area contributed by atoms with E-state index in [2.05, 4.69) is 0 Å². The van der Waals surface area contributed by atoms with E-state index in [4.69, 9.17) is 28.9 Å². The average Bonchev–Trinajstić information content (AvgIpc) is 2.84. The van der Waals surface area contributed by atoms with E-state index in [-0.39, 0.29) is 30.0 Å². The standard InChI is InChI=1S/C26H31Cl2F4N3O3S/c1-25(17-5-6-20(27)21(28)13-17,9-11-35-10-8-18(14-23(35)33)39(3,37)38)24(36)34(2)15-16-4-7-22(29)19(12-16)26(30,31)32/h4-7,12-13,18,23H,8-11,14-15,33H2,1-3H3. The summed E-state index contributed by atoms with van der Waals surface area (Å²) < 4.78 is 77.4. The van der Waals surface area contributed by atoms with Gasteiger partial charge in [0.05, 0.1) is 32.4 Å². The Labute approximate surface area is 236 Å². The third-order valence-electron chi connectivity index (χ3n) is 7.35. The number of hydrogen-bond donors (Lipinski definition) is 1. The molecule has 2 N–H and O–H groups in total. The van der Waals surface area contributed by atoms with Crippen LogP contribution in [0, 0.1) is 5.82 Å². The van der Waals surface area contributed by atoms with Crippen LogP contribution in [0.5, 0.6) is 0 Å². The first-order valence-electron chi connectivity index (χ1n) is 12.2. The summed E-state index contributed by atoms with van der Waals surface area (Å²) in [6.45, 7) is 2.28. The second-order valence-corrected chi connectivity index (χ2v) is 13.4. The summed E-state index contributed by atoms with van der Waals surface area (Å²) in [4.78, 5) is 17.1. The molecule has 3 unspecified atom stereocenters. The molecular weight excluding hydrogens is 581 g/mol. The second kappa shape index (κ2) is 11.9. The lowest BCUT2D eigenvalue weighted by molar-refractivity contribution is -0.140. The molecule has 0 spiro atoms. The zero-order chi connectivity index (χ0) is 29.3. The smallest absolute Gasteiger partial charge is 0.341 e. The van der Waals surface area contributed by atoms with Crippen LogP contribution < -0.4 is 5.73 Å². The summed E-state index contributed by atoms with van der Waals surface area (Å²) >= 11 is 12.3. The van der Waals surface area contributed by atoms with Crippen molar-refractivity contribution in [3.63, 3.8) is 0 Å². The van der Waals surface area contributed by atoms with Crippen LogP contribution in [0.2, 0.25) is 10.0 Å². The number of benzene rings is 2. The number of carbonyl (C=O) groups excluding carboxylic acids is 1. The Hall–Kier alpha value is -1.92. The molecule has 6 nitrogen and oxygen atoms in total. The van der Waals surface area contributed by atoms with Crippen molar-refractivity contribution in [2.45, 2.75) is 55.7 Å². The van der Waals surface area contributed by atoms with Gasteiger partial charge in [0, 0.05) is 32.9 Å². The van der Waals surface area contributed by atoms with E-state index < -0.39 is 50.1 Å². The summed E-state index contributed by atoms with van der Waals surface area (Å²) in [6, 6.07) is 7.43. The summed E-state index contributed by atoms with van der Waals surface area (Å²) in [5.41, 5.74) is 4.35. The molecule has 1 heterocycles. The van der Waals surface area contributed by atoms with Gasteiger partial charge in [-0.2, -0.15) is 13.2 Å². The molecule has 0 saturated carbocycles. The van der Waals surface area contributed by atoms with E-state index in [1.54, 1.807) is 25.1 Å². The van der Waals surface area contributed by atoms with Gasteiger partial charge in [-0.05, 0) is 61.6 Å². The van der Waals surface area contributed by atoms with Crippen LogP contribution in [0.4, 0.5) is 17.6 Å². The maximum Gasteiger partial charge on any atom is 0.419 e. The van der Waals surface area contributed by atoms with Crippen molar-refractivity contribution in [1.82, 2.24) is 9.80 Å². The third kappa shape index (κ3) is 7.43. The Balaban J connectivity index is 1.86. The van der Waals surface area contributed by atoms with E-state index in [0.717, 1.165) is 6.07 Å². The van der Waals surface area contributed by atoms with Gasteiger partial charge < -0.3 is 10.6 Å². The van der Waals surface area contributed by atoms with Gasteiger partial charge in [0.1, 0.15) is 15.7 Å². The SMILES string of the molecule is CN(Cc1ccc(F)c(C(F)(F)F)c1)C(=O)C(C)(CCN1CCC(S(C)(=O)=O)CC1N)c1ccc(Cl)c(Cl)c1. The molecule has 39 heavy (non-hydrogen) atoms. The molecule has 0 radical (unpaired) electrons. The van der Waals surface area contributed by atoms with Gasteiger partial charge in [-0.15, -0.1) is 0 Å². The molecule has 2 aromatic rings. The lowest BCUT2D eigenvalue weighted by Crippen LogP contribution is -2.53. The van der Waals surface area contributed by atoms with Crippen LogP contribution in [0.15, 0.2) is 36.4 Å². The number of halogens is 6. The number of piperidine rings is 1. The van der Waals surface area contributed by atoms with Crippen LogP contribution in [-0.4, -0.2) is 61.9 Å². The predicted molar refractivity (Wildman–Crippen MR) is 144 cm³/mol. The van der Waals surface area contributed by atoms with E-state index in [1.165, 1.54) is 24.3 Å². The number of nitrogens with zero attached hydrogens (tertiary/aromatic N) is 2. The average molecular weight is 613 g/mol. The lowest BCUT2D eigenvalue weighted by Gasteiger charge is -2.40. The Morgan fingerprint density at radius 1 is 1.15 bits per heavy atom. The minimum Gasteiger partial charge on any atom is -0.341 e. The minimum absolute atomic E-state index is 0.112. The van der Waals surface area contributed by atoms with E-state index >= 15 is 0 Å². The maximum absolute atomic E-state index is 13.9. The number of likely N-dealkylation sites (tertiary alicyclic amines) is 1. The largest absolute Gasteiger partial charge is 0.419 e. The van der Waals surface area contributed by atoms with Gasteiger partial charge in [-0.1, -0.05) is 35.3 Å². The highest BCUT2D eigenvalue weighted by Crippen LogP contribution is 2.36. The van der Waals surface area contributed by atoms with Crippen LogP contribution in [0.25, 0.3) is 0 Å². The van der Waals surface area contributed by atoms with Crippen molar-refractivity contribution < 1.29 is 30.8 Å². The summed E-state index contributed by atoms with van der Waals surface area (Å²) in [6.07, 6.45) is -3.28. The van der Waals surface area contributed by atoms with Crippen LogP contribution in [-0.2, 0) is 32.8 Å². The van der Waals surface area contributed by atoms with Crippen molar-refractivity contribution in [3.05, 3.63) is 69.0 Å². The normalized spacial score (nSPS) is 20.5. The number of hydrogen-bond acceptors (Lipinski definition) is 5. The van der Waals surface area contributed by atoms with Gasteiger partial charge in [0.15, 0.2) is 0 Å². The molecule has 0 aromatic heterocycles. The van der Waals surface area contributed by atoms with Crippen molar-refractivity contribution in [3.8, 4) is 0 Å². The molecule has 0 aliphatic carbocycles. The quantitative estimate of drug-likeness (QED) is 0.412. The number of likely N-dealkylation sites (N-methyl/N-ethyl adjacent to an activating group) is 1. The van der Waals surface area contributed by atoms with Gasteiger partial charge in [-0.25, -0.2) is 12.8 Å². The van der Waals surface area contributed by atoms with E-state index in [9.17, 15) is 30.8 Å². The zero-order valence-electron chi connectivity index (χ0n) is 21.7. The molecule has 1 aliphatic rings. The summed E-state index contributed by atoms with van der Waals surface area (Å²) in [5, 5.41) is -0.00966. The van der Waals surface area contributed by atoms with E-state index in [1.807, 2.05) is 4.90 Å². The van der Waals surface area contributed by atoms with Gasteiger partial charge in [-0.3, -0.25) is 9.69 Å². The van der Waals surface area contributed by atoms with Gasteiger partial charge >= 0.3 is 6.18 Å². The molecule has 1 amide bonds. The predicted octanol–water partition coefficient (Wildman–Crippen LogP) is 5.25. The molecule has 3 rings (SSSR count). The van der Waals surface area contributed by atoms with Crippen LogP contribution >= 0.6 is 23.2 Å². The Morgan fingerprint density at radius 3 is 2.38 bits per heavy atom. The number of nitrogens with two attached hydrogens (primary N) is 1. The van der Waals surface area contributed by atoms with E-state index in [0.29, 0.717) is 36.2 Å². The number of amides is 1. The molecular formula is C26H31Cl2F4N3O3S. The summed E-state index contributed by atoms with van der Waals surface area (Å²) in [7, 11) is -1.78. The number of carbonyl (C=O) groups is 1. The van der Waals surface area contributed by atoms with Crippen LogP contribution in [0.1, 0.15) is 42.9 Å². The molecule has 1 saturated heterocycles. The highest BCUT2D eigenvalue weighted by molar-refractivity contribution is 7.91. The summed E-state index contributed by atoms with van der Waals surface area (Å²) in [5.74, 6) is -1.80. The van der Waals surface area contributed by atoms with Gasteiger partial charge in [0.2, 0.25) is 5.91 Å². The zero-order valence-corrected chi connectivity index (χ0v) is 24.1. The number of sulfone groups is 1. The highest BCUT2D eigenvalue weighted by Gasteiger charge is 2.40. The third-order valence-corrected chi connectivity index (χ3v) is 9.73. The van der Waals surface area contributed by atoms with Crippen LogP contribution in [0.3, 0.4) is 0 Å². The van der Waals surface area contributed by atoms with Crippen molar-refractivity contribution in [2.24, 2.45) is 5.73 Å². The topological polar surface area (TPSA) is 83.7 Å². The fourth-order valence-electron chi connectivity index (χ4n) is 4.91. The van der Waals surface area contributed by atoms with Crippen molar-refractivity contribution >= 4 is 38.9 Å². The number of alkyl halides is 3. The minimum atomic E-state index is -4.87. The monoisotopic (exact) mass is 611 g/mol. The van der Waals surface area contributed by atoms with Crippen molar-refractivity contribution in [1.29, 1.82) is 0 Å². The highest BCUT2D eigenvalue weighted by atomic mass is 35.5. The molecule has 13 heteroatoms. The fourth-order valence-corrected chi connectivity index (χ4v) is 6.29. The van der Waals surface area contributed by atoms with Crippen molar-refractivity contribution in [2.75, 3.05) is 26.4 Å². The lowest BCUT2D eigenvalue weighted by atomic mass is 9.77. The molecule has 0 bridgehead atoms. The molecule has 3 atom stereocenters. The molecule has 1 fully saturated rings. The second-order valence-electron chi connectivity index (χ2n) is 10.3. The Kier molecular flexibility index (Phi) is 9.64. The molecule has 1 aliphatic heterocycles. The Morgan fingerprint density at radius 2 is 1.82 bits per heavy atom. The van der Waals surface area contributed by atoms with Gasteiger partial charge in [0.25, 0.3) is 0 Å². The Bertz CT molecular complexity index is 1330. The first-order chi connectivity index (χ1) is 17.9. The first-order valence-corrected chi connectivity index (χ1v) is 14.9. The first kappa shape index (κ1) is 31.6.